The van der Waals surface area contributed by atoms with Crippen LogP contribution in [0.4, 0.5) is 11.6 Å². The van der Waals surface area contributed by atoms with E-state index in [0.29, 0.717) is 11.3 Å². The molecule has 1 saturated heterocycles. The molecule has 1 fully saturated rings. The number of piperidine rings is 1. The highest BCUT2D eigenvalue weighted by molar-refractivity contribution is 5.84. The molecule has 3 heterocycles. The largest absolute Gasteiger partial charge is 0.382 e. The van der Waals surface area contributed by atoms with E-state index >= 15 is 0 Å². The minimum absolute atomic E-state index is 0.453. The summed E-state index contributed by atoms with van der Waals surface area (Å²) in [4.78, 5) is 15.0. The molecule has 88 valence electrons. The molecule has 0 aliphatic carbocycles. The van der Waals surface area contributed by atoms with Gasteiger partial charge in [-0.05, 0) is 31.4 Å². The summed E-state index contributed by atoms with van der Waals surface area (Å²) in [7, 11) is 0. The number of fused-ring (bicyclic) bond motifs is 1. The number of anilines is 2. The quantitative estimate of drug-likeness (QED) is 0.804. The fourth-order valence-electron chi connectivity index (χ4n) is 2.25. The molecule has 0 saturated carbocycles. The molecule has 0 aromatic carbocycles. The average molecular weight is 229 g/mol. The average Bonchev–Trinajstić information content (AvgIpc) is 2.40. The van der Waals surface area contributed by atoms with E-state index in [1.807, 2.05) is 12.1 Å². The number of hydrogen-bond acceptors (Lipinski definition) is 5. The summed E-state index contributed by atoms with van der Waals surface area (Å²) in [6, 6.07) is 3.98. The van der Waals surface area contributed by atoms with Crippen LogP contribution in [0, 0.1) is 0 Å². The molecule has 1 aliphatic heterocycles. The lowest BCUT2D eigenvalue weighted by atomic mass is 10.1. The second kappa shape index (κ2) is 4.16. The van der Waals surface area contributed by atoms with E-state index in [-0.39, 0.29) is 0 Å². The standard InChI is InChI=1S/C12H15N5/c13-12-11-9(14-8-15-12)4-5-10(16-11)17-6-2-1-3-7-17/h4-5,8H,1-3,6-7H2,(H2,13,14,15). The van der Waals surface area contributed by atoms with E-state index in [0.717, 1.165) is 24.4 Å². The van der Waals surface area contributed by atoms with Crippen LogP contribution < -0.4 is 10.6 Å². The molecule has 3 rings (SSSR count). The maximum Gasteiger partial charge on any atom is 0.153 e. The van der Waals surface area contributed by atoms with Crippen molar-refractivity contribution in [3.63, 3.8) is 0 Å². The normalized spacial score (nSPS) is 16.4. The molecule has 0 radical (unpaired) electrons. The number of hydrogen-bond donors (Lipinski definition) is 1. The monoisotopic (exact) mass is 229 g/mol. The molecule has 2 aromatic heterocycles. The molecular weight excluding hydrogens is 214 g/mol. The van der Waals surface area contributed by atoms with Crippen molar-refractivity contribution in [2.24, 2.45) is 0 Å². The molecule has 0 atom stereocenters. The molecule has 0 unspecified atom stereocenters. The Kier molecular flexibility index (Phi) is 2.51. The Labute approximate surface area is 99.7 Å². The van der Waals surface area contributed by atoms with Gasteiger partial charge in [-0.3, -0.25) is 0 Å². The van der Waals surface area contributed by atoms with Gasteiger partial charge < -0.3 is 10.6 Å². The first-order valence-corrected chi connectivity index (χ1v) is 5.97. The van der Waals surface area contributed by atoms with Gasteiger partial charge in [-0.2, -0.15) is 0 Å². The van der Waals surface area contributed by atoms with Crippen molar-refractivity contribution in [3.8, 4) is 0 Å². The Morgan fingerprint density at radius 3 is 2.71 bits per heavy atom. The first kappa shape index (κ1) is 10.3. The topological polar surface area (TPSA) is 67.9 Å². The second-order valence-electron chi connectivity index (χ2n) is 4.34. The predicted molar refractivity (Wildman–Crippen MR) is 67.8 cm³/mol. The van der Waals surface area contributed by atoms with Gasteiger partial charge in [-0.1, -0.05) is 0 Å². The number of pyridine rings is 1. The van der Waals surface area contributed by atoms with Gasteiger partial charge in [-0.25, -0.2) is 15.0 Å². The van der Waals surface area contributed by atoms with Crippen LogP contribution in [0.15, 0.2) is 18.5 Å². The number of nitrogens with zero attached hydrogens (tertiary/aromatic N) is 4. The first-order valence-electron chi connectivity index (χ1n) is 5.97. The van der Waals surface area contributed by atoms with Crippen LogP contribution >= 0.6 is 0 Å². The van der Waals surface area contributed by atoms with E-state index in [1.165, 1.54) is 25.6 Å². The van der Waals surface area contributed by atoms with Gasteiger partial charge >= 0.3 is 0 Å². The van der Waals surface area contributed by atoms with Gasteiger partial charge in [0.15, 0.2) is 5.82 Å². The number of rotatable bonds is 1. The van der Waals surface area contributed by atoms with Gasteiger partial charge in [0.1, 0.15) is 17.7 Å². The zero-order valence-electron chi connectivity index (χ0n) is 9.63. The molecule has 0 spiro atoms. The summed E-state index contributed by atoms with van der Waals surface area (Å²) < 4.78 is 0. The molecule has 0 bridgehead atoms. The van der Waals surface area contributed by atoms with Crippen molar-refractivity contribution >= 4 is 22.7 Å². The molecular formula is C12H15N5. The molecule has 5 heteroatoms. The Morgan fingerprint density at radius 2 is 1.88 bits per heavy atom. The van der Waals surface area contributed by atoms with E-state index in [9.17, 15) is 0 Å². The van der Waals surface area contributed by atoms with Crippen LogP contribution in [-0.2, 0) is 0 Å². The second-order valence-corrected chi connectivity index (χ2v) is 4.34. The fourth-order valence-corrected chi connectivity index (χ4v) is 2.25. The summed E-state index contributed by atoms with van der Waals surface area (Å²) in [6.07, 6.45) is 5.26. The molecule has 2 aromatic rings. The van der Waals surface area contributed by atoms with Crippen LogP contribution in [0.3, 0.4) is 0 Å². The highest BCUT2D eigenvalue weighted by Crippen LogP contribution is 2.22. The number of aromatic nitrogens is 3. The fraction of sp³-hybridized carbons (Fsp3) is 0.417. The van der Waals surface area contributed by atoms with Gasteiger partial charge in [-0.15, -0.1) is 0 Å². The third-order valence-corrected chi connectivity index (χ3v) is 3.18. The lowest BCUT2D eigenvalue weighted by Gasteiger charge is -2.27. The lowest BCUT2D eigenvalue weighted by Crippen LogP contribution is -2.30. The Balaban J connectivity index is 2.03. The summed E-state index contributed by atoms with van der Waals surface area (Å²) in [6.45, 7) is 2.15. The zero-order chi connectivity index (χ0) is 11.7. The van der Waals surface area contributed by atoms with Crippen LogP contribution in [-0.4, -0.2) is 28.0 Å². The van der Waals surface area contributed by atoms with Crippen molar-refractivity contribution < 1.29 is 0 Å². The van der Waals surface area contributed by atoms with Gasteiger partial charge in [0, 0.05) is 13.1 Å². The minimum atomic E-state index is 0.453. The van der Waals surface area contributed by atoms with Gasteiger partial charge in [0.2, 0.25) is 0 Å². The maximum absolute atomic E-state index is 5.82. The van der Waals surface area contributed by atoms with Gasteiger partial charge in [0.25, 0.3) is 0 Å². The predicted octanol–water partition coefficient (Wildman–Crippen LogP) is 1.60. The molecule has 0 amide bonds. The van der Waals surface area contributed by atoms with Crippen molar-refractivity contribution in [2.75, 3.05) is 23.7 Å². The zero-order valence-corrected chi connectivity index (χ0v) is 9.63. The van der Waals surface area contributed by atoms with E-state index in [2.05, 4.69) is 19.9 Å². The smallest absolute Gasteiger partial charge is 0.153 e. The van der Waals surface area contributed by atoms with Crippen LogP contribution in [0.2, 0.25) is 0 Å². The third kappa shape index (κ3) is 1.88. The summed E-state index contributed by atoms with van der Waals surface area (Å²) >= 11 is 0. The summed E-state index contributed by atoms with van der Waals surface area (Å²) in [5.74, 6) is 1.44. The van der Waals surface area contributed by atoms with Crippen molar-refractivity contribution in [1.82, 2.24) is 15.0 Å². The summed E-state index contributed by atoms with van der Waals surface area (Å²) in [5.41, 5.74) is 7.33. The molecule has 2 N–H and O–H groups in total. The Bertz CT molecular complexity index is 533. The Morgan fingerprint density at radius 1 is 1.06 bits per heavy atom. The van der Waals surface area contributed by atoms with Crippen molar-refractivity contribution in [3.05, 3.63) is 18.5 Å². The molecule has 17 heavy (non-hydrogen) atoms. The maximum atomic E-state index is 5.82. The van der Waals surface area contributed by atoms with Crippen LogP contribution in [0.5, 0.6) is 0 Å². The Hall–Kier alpha value is -1.91. The highest BCUT2D eigenvalue weighted by atomic mass is 15.2. The summed E-state index contributed by atoms with van der Waals surface area (Å²) in [5, 5.41) is 0. The van der Waals surface area contributed by atoms with E-state index in [1.54, 1.807) is 0 Å². The van der Waals surface area contributed by atoms with Crippen LogP contribution in [0.25, 0.3) is 11.0 Å². The molecule has 5 nitrogen and oxygen atoms in total. The third-order valence-electron chi connectivity index (χ3n) is 3.18. The minimum Gasteiger partial charge on any atom is -0.382 e. The van der Waals surface area contributed by atoms with Crippen molar-refractivity contribution in [1.29, 1.82) is 0 Å². The number of nitrogen functional groups attached to an aromatic ring is 1. The van der Waals surface area contributed by atoms with Crippen LogP contribution in [0.1, 0.15) is 19.3 Å². The van der Waals surface area contributed by atoms with E-state index in [4.69, 9.17) is 5.73 Å². The number of nitrogens with two attached hydrogens (primary N) is 1. The van der Waals surface area contributed by atoms with Gasteiger partial charge in [0.05, 0.1) is 5.52 Å². The molecule has 1 aliphatic rings. The van der Waals surface area contributed by atoms with Crippen molar-refractivity contribution in [2.45, 2.75) is 19.3 Å². The SMILES string of the molecule is Nc1ncnc2ccc(N3CCCCC3)nc12. The lowest BCUT2D eigenvalue weighted by molar-refractivity contribution is 0.574. The highest BCUT2D eigenvalue weighted by Gasteiger charge is 2.13. The first-order chi connectivity index (χ1) is 8.34. The van der Waals surface area contributed by atoms with E-state index < -0.39 is 0 Å².